The van der Waals surface area contributed by atoms with Crippen molar-refractivity contribution in [3.05, 3.63) is 39.8 Å². The molecule has 2 N–H and O–H groups in total. The van der Waals surface area contributed by atoms with Gasteiger partial charge >= 0.3 is 0 Å². The summed E-state index contributed by atoms with van der Waals surface area (Å²) in [6.07, 6.45) is 1.16. The first-order chi connectivity index (χ1) is 13.1. The monoisotopic (exact) mass is 387 g/mol. The van der Waals surface area contributed by atoms with Gasteiger partial charge in [0.2, 0.25) is 0 Å². The molecule has 0 amide bonds. The lowest BCUT2D eigenvalue weighted by Crippen LogP contribution is -2.39. The SMILES string of the molecule is CN=C(NCc1sc(C)nc1C)NCC1CCN(c2ccccc2OC)C1. The van der Waals surface area contributed by atoms with Gasteiger partial charge in [0.1, 0.15) is 5.75 Å². The second kappa shape index (κ2) is 9.08. The average molecular weight is 388 g/mol. The van der Waals surface area contributed by atoms with Crippen LogP contribution in [0.25, 0.3) is 0 Å². The van der Waals surface area contributed by atoms with Crippen molar-refractivity contribution in [2.24, 2.45) is 10.9 Å². The number of rotatable bonds is 6. The summed E-state index contributed by atoms with van der Waals surface area (Å²) < 4.78 is 5.50. The van der Waals surface area contributed by atoms with Gasteiger partial charge in [-0.15, -0.1) is 11.3 Å². The molecule has 1 atom stereocenters. The summed E-state index contributed by atoms with van der Waals surface area (Å²) in [6, 6.07) is 8.24. The molecule has 1 fully saturated rings. The van der Waals surface area contributed by atoms with E-state index in [0.717, 1.165) is 55.0 Å². The van der Waals surface area contributed by atoms with Gasteiger partial charge in [0.05, 0.1) is 30.0 Å². The van der Waals surface area contributed by atoms with E-state index in [1.54, 1.807) is 18.4 Å². The maximum Gasteiger partial charge on any atom is 0.191 e. The molecular weight excluding hydrogens is 358 g/mol. The van der Waals surface area contributed by atoms with Crippen molar-refractivity contribution in [3.63, 3.8) is 0 Å². The Bertz CT molecular complexity index is 788. The highest BCUT2D eigenvalue weighted by Crippen LogP contribution is 2.31. The van der Waals surface area contributed by atoms with E-state index in [4.69, 9.17) is 4.74 Å². The second-order valence-corrected chi connectivity index (χ2v) is 8.11. The first-order valence-corrected chi connectivity index (χ1v) is 10.2. The quantitative estimate of drug-likeness (QED) is 0.589. The molecule has 0 aliphatic carbocycles. The zero-order chi connectivity index (χ0) is 19.2. The Labute approximate surface area is 165 Å². The number of benzene rings is 1. The predicted molar refractivity (Wildman–Crippen MR) is 113 cm³/mol. The van der Waals surface area contributed by atoms with Crippen molar-refractivity contribution in [1.82, 2.24) is 15.6 Å². The highest BCUT2D eigenvalue weighted by Gasteiger charge is 2.24. The van der Waals surface area contributed by atoms with Crippen molar-refractivity contribution >= 4 is 23.0 Å². The van der Waals surface area contributed by atoms with E-state index < -0.39 is 0 Å². The molecule has 6 nitrogen and oxygen atoms in total. The number of ether oxygens (including phenoxy) is 1. The summed E-state index contributed by atoms with van der Waals surface area (Å²) in [6.45, 7) is 7.85. The van der Waals surface area contributed by atoms with Crippen LogP contribution in [0.5, 0.6) is 5.75 Å². The maximum absolute atomic E-state index is 5.50. The number of methoxy groups -OCH3 is 1. The first kappa shape index (κ1) is 19.5. The van der Waals surface area contributed by atoms with Gasteiger partial charge in [-0.3, -0.25) is 4.99 Å². The molecule has 1 aliphatic heterocycles. The molecule has 1 aromatic carbocycles. The van der Waals surface area contributed by atoms with Gasteiger partial charge < -0.3 is 20.3 Å². The molecule has 0 radical (unpaired) electrons. The Morgan fingerprint density at radius 2 is 2.15 bits per heavy atom. The molecule has 1 aliphatic rings. The zero-order valence-corrected chi connectivity index (χ0v) is 17.4. The summed E-state index contributed by atoms with van der Waals surface area (Å²) in [5.74, 6) is 2.37. The fourth-order valence-corrected chi connectivity index (χ4v) is 4.35. The zero-order valence-electron chi connectivity index (χ0n) is 16.6. The number of anilines is 1. The summed E-state index contributed by atoms with van der Waals surface area (Å²) in [4.78, 5) is 12.5. The minimum Gasteiger partial charge on any atom is -0.495 e. The van der Waals surface area contributed by atoms with Gasteiger partial charge in [0.25, 0.3) is 0 Å². The molecule has 27 heavy (non-hydrogen) atoms. The van der Waals surface area contributed by atoms with Crippen LogP contribution in [0.2, 0.25) is 0 Å². The molecule has 146 valence electrons. The van der Waals surface area contributed by atoms with Crippen molar-refractivity contribution < 1.29 is 4.74 Å². The topological polar surface area (TPSA) is 61.8 Å². The predicted octanol–water partition coefficient (Wildman–Crippen LogP) is 2.96. The van der Waals surface area contributed by atoms with E-state index >= 15 is 0 Å². The number of aromatic nitrogens is 1. The number of thiazole rings is 1. The van der Waals surface area contributed by atoms with Gasteiger partial charge in [-0.1, -0.05) is 12.1 Å². The molecule has 1 aromatic heterocycles. The van der Waals surface area contributed by atoms with E-state index in [2.05, 4.69) is 44.6 Å². The van der Waals surface area contributed by atoms with E-state index in [9.17, 15) is 0 Å². The Morgan fingerprint density at radius 3 is 2.85 bits per heavy atom. The number of aryl methyl sites for hydroxylation is 2. The molecule has 1 saturated heterocycles. The minimum absolute atomic E-state index is 0.584. The lowest BCUT2D eigenvalue weighted by Gasteiger charge is -2.21. The number of guanidine groups is 1. The van der Waals surface area contributed by atoms with Crippen molar-refractivity contribution in [3.8, 4) is 5.75 Å². The van der Waals surface area contributed by atoms with Gasteiger partial charge in [-0.25, -0.2) is 4.98 Å². The smallest absolute Gasteiger partial charge is 0.191 e. The van der Waals surface area contributed by atoms with E-state index in [1.165, 1.54) is 10.6 Å². The summed E-state index contributed by atoms with van der Waals surface area (Å²) >= 11 is 1.74. The number of para-hydroxylation sites is 2. The molecule has 2 heterocycles. The van der Waals surface area contributed by atoms with Crippen LogP contribution in [-0.2, 0) is 6.54 Å². The van der Waals surface area contributed by atoms with Gasteiger partial charge in [-0.05, 0) is 38.3 Å². The average Bonchev–Trinajstić information content (AvgIpc) is 3.28. The number of aliphatic imine (C=N–C) groups is 1. The third kappa shape index (κ3) is 4.91. The molecule has 0 bridgehead atoms. The standard InChI is InChI=1S/C20H29N5OS/c1-14-19(27-15(2)24-14)12-23-20(21-3)22-11-16-9-10-25(13-16)17-7-5-6-8-18(17)26-4/h5-8,16H,9-13H2,1-4H3,(H2,21,22,23). The molecule has 1 unspecified atom stereocenters. The van der Waals surface area contributed by atoms with Crippen LogP contribution in [0, 0.1) is 19.8 Å². The van der Waals surface area contributed by atoms with Crippen LogP contribution in [0.1, 0.15) is 22.0 Å². The van der Waals surface area contributed by atoms with Gasteiger partial charge in [-0.2, -0.15) is 0 Å². The Kier molecular flexibility index (Phi) is 6.55. The molecule has 0 saturated carbocycles. The van der Waals surface area contributed by atoms with Crippen LogP contribution in [0.4, 0.5) is 5.69 Å². The Morgan fingerprint density at radius 1 is 1.33 bits per heavy atom. The maximum atomic E-state index is 5.50. The van der Waals surface area contributed by atoms with Crippen LogP contribution in [0.3, 0.4) is 0 Å². The first-order valence-electron chi connectivity index (χ1n) is 9.36. The Balaban J connectivity index is 1.49. The highest BCUT2D eigenvalue weighted by atomic mass is 32.1. The summed E-state index contributed by atoms with van der Waals surface area (Å²) in [5, 5.41) is 7.98. The van der Waals surface area contributed by atoms with E-state index in [-0.39, 0.29) is 0 Å². The van der Waals surface area contributed by atoms with Crippen LogP contribution < -0.4 is 20.3 Å². The molecule has 0 spiro atoms. The van der Waals surface area contributed by atoms with Crippen LogP contribution in [-0.4, -0.2) is 44.7 Å². The number of nitrogens with one attached hydrogen (secondary N) is 2. The Hall–Kier alpha value is -2.28. The third-order valence-electron chi connectivity index (χ3n) is 4.91. The molecule has 3 rings (SSSR count). The lowest BCUT2D eigenvalue weighted by atomic mass is 10.1. The second-order valence-electron chi connectivity index (χ2n) is 6.82. The third-order valence-corrected chi connectivity index (χ3v) is 5.98. The van der Waals surface area contributed by atoms with Gasteiger partial charge in [0.15, 0.2) is 5.96 Å². The normalized spacial score (nSPS) is 17.3. The van der Waals surface area contributed by atoms with Gasteiger partial charge in [0, 0.05) is 31.6 Å². The lowest BCUT2D eigenvalue weighted by molar-refractivity contribution is 0.414. The number of hydrogen-bond acceptors (Lipinski definition) is 5. The van der Waals surface area contributed by atoms with Crippen LogP contribution in [0.15, 0.2) is 29.3 Å². The molecule has 2 aromatic rings. The van der Waals surface area contributed by atoms with Crippen LogP contribution >= 0.6 is 11.3 Å². The molecular formula is C20H29N5OS. The van der Waals surface area contributed by atoms with E-state index in [1.807, 2.05) is 26.1 Å². The largest absolute Gasteiger partial charge is 0.495 e. The highest BCUT2D eigenvalue weighted by molar-refractivity contribution is 7.11. The van der Waals surface area contributed by atoms with Crippen molar-refractivity contribution in [1.29, 1.82) is 0 Å². The van der Waals surface area contributed by atoms with E-state index in [0.29, 0.717) is 5.92 Å². The summed E-state index contributed by atoms with van der Waals surface area (Å²) in [7, 11) is 3.55. The number of hydrogen-bond donors (Lipinski definition) is 2. The fraction of sp³-hybridized carbons (Fsp3) is 0.500. The summed E-state index contributed by atoms with van der Waals surface area (Å²) in [5.41, 5.74) is 2.28. The fourth-order valence-electron chi connectivity index (χ4n) is 3.47. The number of nitrogens with zero attached hydrogens (tertiary/aromatic N) is 3. The molecule has 7 heteroatoms. The minimum atomic E-state index is 0.584. The van der Waals surface area contributed by atoms with Crippen molar-refractivity contribution in [2.75, 3.05) is 38.7 Å². The van der Waals surface area contributed by atoms with Crippen molar-refractivity contribution in [2.45, 2.75) is 26.8 Å².